The molecule has 36 heavy (non-hydrogen) atoms. The Balaban J connectivity index is 1.82. The van der Waals surface area contributed by atoms with Crippen molar-refractivity contribution in [1.82, 2.24) is 5.32 Å². The molecule has 0 bridgehead atoms. The van der Waals surface area contributed by atoms with E-state index in [2.05, 4.69) is 99.8 Å². The lowest BCUT2D eigenvalue weighted by Crippen LogP contribution is -2.66. The highest BCUT2D eigenvalue weighted by Crippen LogP contribution is 2.37. The topological polar surface area (TPSA) is 47.6 Å². The molecule has 5 heteroatoms. The van der Waals surface area contributed by atoms with Gasteiger partial charge in [0, 0.05) is 6.92 Å². The van der Waals surface area contributed by atoms with Gasteiger partial charge in [0.15, 0.2) is 0 Å². The molecule has 3 aromatic carbocycles. The summed E-state index contributed by atoms with van der Waals surface area (Å²) in [6.07, 6.45) is 2.06. The largest absolute Gasteiger partial charge is 0.403 e. The Hall–Kier alpha value is -2.99. The van der Waals surface area contributed by atoms with Crippen LogP contribution in [0.2, 0.25) is 5.04 Å². The summed E-state index contributed by atoms with van der Waals surface area (Å²) in [6.45, 7) is 11.8. The minimum absolute atomic E-state index is 0.0831. The van der Waals surface area contributed by atoms with Gasteiger partial charge in [0.25, 0.3) is 8.32 Å². The second-order valence-corrected chi connectivity index (χ2v) is 14.6. The molecule has 190 valence electrons. The molecule has 0 saturated carbocycles. The Morgan fingerprint density at radius 3 is 1.83 bits per heavy atom. The molecule has 3 rings (SSSR count). The summed E-state index contributed by atoms with van der Waals surface area (Å²) in [4.78, 5) is 11.9. The lowest BCUT2D eigenvalue weighted by molar-refractivity contribution is -0.119. The normalized spacial score (nSPS) is 13.3. The van der Waals surface area contributed by atoms with Gasteiger partial charge in [-0.3, -0.25) is 4.79 Å². The average molecular weight is 502 g/mol. The molecule has 0 radical (unpaired) electrons. The van der Waals surface area contributed by atoms with Gasteiger partial charge in [-0.2, -0.15) is 0 Å². The van der Waals surface area contributed by atoms with Crippen molar-refractivity contribution in [2.75, 3.05) is 13.2 Å². The van der Waals surface area contributed by atoms with Gasteiger partial charge in [-0.1, -0.05) is 123 Å². The fraction of sp³-hybridized carbons (Fsp3) is 0.323. The zero-order chi connectivity index (χ0) is 26.0. The van der Waals surface area contributed by atoms with Crippen LogP contribution in [0.15, 0.2) is 103 Å². The standard InChI is InChI=1S/C31H39NO3Si/c1-25(21-28(32-26(2)33)24-34-23-27-15-9-6-10-16-27)22-35-36(31(3,4)5,29-17-11-7-12-18-29)30-19-13-8-14-20-30/h6-21,28H,22-24H2,1-5H3,(H,32,33)/b25-21+/t28-/m1/s1. The van der Waals surface area contributed by atoms with Crippen LogP contribution in [0, 0.1) is 0 Å². The number of hydrogen-bond donors (Lipinski definition) is 1. The van der Waals surface area contributed by atoms with Gasteiger partial charge in [-0.25, -0.2) is 0 Å². The maximum Gasteiger partial charge on any atom is 0.261 e. The van der Waals surface area contributed by atoms with Crippen molar-refractivity contribution >= 4 is 24.6 Å². The number of benzene rings is 3. The molecule has 0 saturated heterocycles. The van der Waals surface area contributed by atoms with E-state index in [0.717, 1.165) is 11.1 Å². The summed E-state index contributed by atoms with van der Waals surface area (Å²) in [5.41, 5.74) is 2.17. The summed E-state index contributed by atoms with van der Waals surface area (Å²) < 4.78 is 13.0. The number of nitrogens with one attached hydrogen (secondary N) is 1. The van der Waals surface area contributed by atoms with Gasteiger partial charge in [-0.15, -0.1) is 0 Å². The fourth-order valence-corrected chi connectivity index (χ4v) is 9.25. The van der Waals surface area contributed by atoms with Crippen LogP contribution in [0.25, 0.3) is 0 Å². The zero-order valence-corrected chi connectivity index (χ0v) is 23.2. The van der Waals surface area contributed by atoms with E-state index in [4.69, 9.17) is 9.16 Å². The van der Waals surface area contributed by atoms with E-state index >= 15 is 0 Å². The number of carbonyl (C=O) groups is 1. The third kappa shape index (κ3) is 7.26. The molecule has 0 aromatic heterocycles. The lowest BCUT2D eigenvalue weighted by Gasteiger charge is -2.43. The molecule has 1 amide bonds. The van der Waals surface area contributed by atoms with Crippen LogP contribution in [0.5, 0.6) is 0 Å². The van der Waals surface area contributed by atoms with Crippen molar-refractivity contribution in [3.05, 3.63) is 108 Å². The Kier molecular flexibility index (Phi) is 9.82. The van der Waals surface area contributed by atoms with Gasteiger partial charge < -0.3 is 14.5 Å². The number of amides is 1. The number of ether oxygens (including phenoxy) is 1. The molecule has 3 aromatic rings. The molecule has 0 aliphatic carbocycles. The zero-order valence-electron chi connectivity index (χ0n) is 22.2. The Labute approximate surface area is 217 Å². The van der Waals surface area contributed by atoms with Crippen LogP contribution >= 0.6 is 0 Å². The second-order valence-electron chi connectivity index (χ2n) is 10.3. The van der Waals surface area contributed by atoms with E-state index in [1.165, 1.54) is 17.3 Å². The molecular formula is C31H39NO3Si. The van der Waals surface area contributed by atoms with Gasteiger partial charge in [0.1, 0.15) is 0 Å². The van der Waals surface area contributed by atoms with E-state index in [1.54, 1.807) is 0 Å². The van der Waals surface area contributed by atoms with Gasteiger partial charge >= 0.3 is 0 Å². The van der Waals surface area contributed by atoms with Crippen molar-refractivity contribution in [3.8, 4) is 0 Å². The summed E-state index contributed by atoms with van der Waals surface area (Å²) in [6, 6.07) is 31.1. The fourth-order valence-electron chi connectivity index (χ4n) is 4.65. The Bertz CT molecular complexity index is 1070. The average Bonchev–Trinajstić information content (AvgIpc) is 2.85. The molecule has 0 aliphatic rings. The quantitative estimate of drug-likeness (QED) is 0.289. The van der Waals surface area contributed by atoms with Crippen LogP contribution in [0.4, 0.5) is 0 Å². The van der Waals surface area contributed by atoms with Gasteiger partial charge in [0.2, 0.25) is 5.91 Å². The smallest absolute Gasteiger partial charge is 0.261 e. The molecule has 1 atom stereocenters. The number of hydrogen-bond acceptors (Lipinski definition) is 3. The summed E-state index contributed by atoms with van der Waals surface area (Å²) in [7, 11) is -2.62. The van der Waals surface area contributed by atoms with Crippen LogP contribution in [0.1, 0.15) is 40.2 Å². The van der Waals surface area contributed by atoms with E-state index in [9.17, 15) is 4.79 Å². The summed E-state index contributed by atoms with van der Waals surface area (Å²) >= 11 is 0. The predicted molar refractivity (Wildman–Crippen MR) is 151 cm³/mol. The first-order chi connectivity index (χ1) is 17.2. The monoisotopic (exact) mass is 501 g/mol. The molecule has 0 aliphatic heterocycles. The molecule has 0 unspecified atom stereocenters. The first-order valence-electron chi connectivity index (χ1n) is 12.5. The highest BCUT2D eigenvalue weighted by Gasteiger charge is 2.50. The van der Waals surface area contributed by atoms with Crippen LogP contribution in [-0.4, -0.2) is 33.5 Å². The van der Waals surface area contributed by atoms with E-state index in [1.807, 2.05) is 30.3 Å². The lowest BCUT2D eigenvalue weighted by atomic mass is 10.2. The van der Waals surface area contributed by atoms with Gasteiger partial charge in [-0.05, 0) is 27.9 Å². The van der Waals surface area contributed by atoms with E-state index in [-0.39, 0.29) is 17.0 Å². The molecule has 0 spiro atoms. The third-order valence-corrected chi connectivity index (χ3v) is 11.2. The van der Waals surface area contributed by atoms with Crippen molar-refractivity contribution in [3.63, 3.8) is 0 Å². The third-order valence-electron chi connectivity index (χ3n) is 6.22. The second kappa shape index (κ2) is 12.8. The van der Waals surface area contributed by atoms with Crippen LogP contribution in [0.3, 0.4) is 0 Å². The maximum absolute atomic E-state index is 11.9. The van der Waals surface area contributed by atoms with Crippen molar-refractivity contribution in [1.29, 1.82) is 0 Å². The van der Waals surface area contributed by atoms with Crippen LogP contribution in [-0.2, 0) is 20.6 Å². The Morgan fingerprint density at radius 2 is 1.36 bits per heavy atom. The predicted octanol–water partition coefficient (Wildman–Crippen LogP) is 5.23. The number of rotatable bonds is 11. The molecule has 4 nitrogen and oxygen atoms in total. The van der Waals surface area contributed by atoms with Crippen molar-refractivity contribution in [2.45, 2.75) is 52.3 Å². The minimum Gasteiger partial charge on any atom is -0.403 e. The van der Waals surface area contributed by atoms with E-state index < -0.39 is 8.32 Å². The van der Waals surface area contributed by atoms with E-state index in [0.29, 0.717) is 19.8 Å². The number of carbonyl (C=O) groups excluding carboxylic acids is 1. The molecule has 0 heterocycles. The maximum atomic E-state index is 11.9. The highest BCUT2D eigenvalue weighted by atomic mass is 28.4. The first-order valence-corrected chi connectivity index (χ1v) is 14.4. The minimum atomic E-state index is -2.62. The summed E-state index contributed by atoms with van der Waals surface area (Å²) in [5, 5.41) is 5.41. The van der Waals surface area contributed by atoms with Gasteiger partial charge in [0.05, 0.1) is 25.9 Å². The molecule has 1 N–H and O–H groups in total. The van der Waals surface area contributed by atoms with Crippen LogP contribution < -0.4 is 15.7 Å². The first kappa shape index (κ1) is 27.6. The molecule has 0 fully saturated rings. The van der Waals surface area contributed by atoms with Crippen molar-refractivity contribution < 1.29 is 14.0 Å². The highest BCUT2D eigenvalue weighted by molar-refractivity contribution is 6.99. The Morgan fingerprint density at radius 1 is 0.861 bits per heavy atom. The molecular weight excluding hydrogens is 462 g/mol. The summed E-state index contributed by atoms with van der Waals surface area (Å²) in [5.74, 6) is -0.0831. The van der Waals surface area contributed by atoms with Crippen molar-refractivity contribution in [2.24, 2.45) is 0 Å². The SMILES string of the molecule is CC(=O)N[C@H](/C=C(\C)CO[Si](c1ccccc1)(c1ccccc1)C(C)(C)C)COCc1ccccc1.